The Labute approximate surface area is 210 Å². The van der Waals surface area contributed by atoms with E-state index in [1.54, 1.807) is 6.07 Å². The Hall–Kier alpha value is -1.65. The van der Waals surface area contributed by atoms with Crippen molar-refractivity contribution in [1.29, 1.82) is 0 Å². The van der Waals surface area contributed by atoms with E-state index >= 15 is 0 Å². The van der Waals surface area contributed by atoms with Gasteiger partial charge in [-0.25, -0.2) is 8.42 Å². The summed E-state index contributed by atoms with van der Waals surface area (Å²) >= 11 is 6.14. The van der Waals surface area contributed by atoms with Gasteiger partial charge in [0.05, 0.1) is 22.9 Å². The van der Waals surface area contributed by atoms with Gasteiger partial charge in [-0.1, -0.05) is 54.1 Å². The first kappa shape index (κ1) is 27.9. The lowest BCUT2D eigenvalue weighted by atomic mass is 10.1. The van der Waals surface area contributed by atoms with Crippen molar-refractivity contribution in [3.8, 4) is 0 Å². The fourth-order valence-electron chi connectivity index (χ4n) is 4.24. The standard InChI is InChI=1S/C25H32ClF3N2O3S/c1-35(32,33)31-15-6-11-22(19-31)34-17-7-14-30(16-13-20-8-3-2-4-9-20)18-21-10-5-12-23(24(21)26)25(27,28)29/h2-5,8-10,12,22H,6-7,11,13-19H2,1H3. The van der Waals surface area contributed by atoms with Crippen molar-refractivity contribution in [3.63, 3.8) is 0 Å². The average molecular weight is 533 g/mol. The van der Waals surface area contributed by atoms with Gasteiger partial charge in [0.15, 0.2) is 0 Å². The van der Waals surface area contributed by atoms with Crippen molar-refractivity contribution in [2.75, 3.05) is 39.0 Å². The number of hydrogen-bond acceptors (Lipinski definition) is 4. The Balaban J connectivity index is 1.60. The molecule has 2 aromatic rings. The molecule has 10 heteroatoms. The number of hydrogen-bond donors (Lipinski definition) is 0. The quantitative estimate of drug-likeness (QED) is 0.372. The first-order valence-corrected chi connectivity index (χ1v) is 13.9. The molecule has 1 atom stereocenters. The van der Waals surface area contributed by atoms with Gasteiger partial charge < -0.3 is 4.74 Å². The van der Waals surface area contributed by atoms with Crippen molar-refractivity contribution < 1.29 is 26.3 Å². The van der Waals surface area contributed by atoms with Gasteiger partial charge in [-0.2, -0.15) is 17.5 Å². The lowest BCUT2D eigenvalue weighted by Gasteiger charge is -2.31. The average Bonchev–Trinajstić information content (AvgIpc) is 2.81. The molecule has 5 nitrogen and oxygen atoms in total. The van der Waals surface area contributed by atoms with Crippen LogP contribution < -0.4 is 0 Å². The highest BCUT2D eigenvalue weighted by molar-refractivity contribution is 7.88. The van der Waals surface area contributed by atoms with Crippen LogP contribution in [0.15, 0.2) is 48.5 Å². The van der Waals surface area contributed by atoms with Crippen LogP contribution >= 0.6 is 11.6 Å². The Kier molecular flexibility index (Phi) is 10.0. The second kappa shape index (κ2) is 12.5. The maximum Gasteiger partial charge on any atom is 0.417 e. The topological polar surface area (TPSA) is 49.9 Å². The van der Waals surface area contributed by atoms with Crippen LogP contribution in [0.25, 0.3) is 0 Å². The Morgan fingerprint density at radius 1 is 1.11 bits per heavy atom. The normalized spacial score (nSPS) is 17.7. The summed E-state index contributed by atoms with van der Waals surface area (Å²) in [5, 5.41) is -0.260. The molecule has 194 valence electrons. The van der Waals surface area contributed by atoms with E-state index in [-0.39, 0.29) is 11.1 Å². The van der Waals surface area contributed by atoms with Crippen molar-refractivity contribution >= 4 is 21.6 Å². The molecule has 0 saturated carbocycles. The minimum absolute atomic E-state index is 0.144. The van der Waals surface area contributed by atoms with Crippen LogP contribution in [0.3, 0.4) is 0 Å². The van der Waals surface area contributed by atoms with Crippen LogP contribution in [0, 0.1) is 0 Å². The predicted molar refractivity (Wildman–Crippen MR) is 132 cm³/mol. The monoisotopic (exact) mass is 532 g/mol. The summed E-state index contributed by atoms with van der Waals surface area (Å²) in [6.07, 6.45) is -0.452. The van der Waals surface area contributed by atoms with E-state index < -0.39 is 21.8 Å². The fourth-order valence-corrected chi connectivity index (χ4v) is 5.43. The minimum atomic E-state index is -4.50. The molecule has 0 bridgehead atoms. The van der Waals surface area contributed by atoms with Crippen LogP contribution in [0.4, 0.5) is 13.2 Å². The van der Waals surface area contributed by atoms with Gasteiger partial charge in [-0.05, 0) is 42.9 Å². The van der Waals surface area contributed by atoms with Crippen molar-refractivity contribution in [2.24, 2.45) is 0 Å². The SMILES string of the molecule is CS(=O)(=O)N1CCCC(OCCCN(CCc2ccccc2)Cc2cccc(C(F)(F)F)c2Cl)C1. The summed E-state index contributed by atoms with van der Waals surface area (Å²) < 4.78 is 70.9. The largest absolute Gasteiger partial charge is 0.417 e. The zero-order valence-electron chi connectivity index (χ0n) is 19.8. The number of sulfonamides is 1. The van der Waals surface area contributed by atoms with Crippen LogP contribution in [0.2, 0.25) is 5.02 Å². The lowest BCUT2D eigenvalue weighted by Crippen LogP contribution is -2.42. The van der Waals surface area contributed by atoms with E-state index in [1.807, 2.05) is 30.3 Å². The van der Waals surface area contributed by atoms with Gasteiger partial charge in [-0.3, -0.25) is 4.90 Å². The predicted octanol–water partition coefficient (Wildman–Crippen LogP) is 5.23. The summed E-state index contributed by atoms with van der Waals surface area (Å²) in [7, 11) is -3.24. The van der Waals surface area contributed by atoms with Crippen LogP contribution in [0.1, 0.15) is 36.0 Å². The van der Waals surface area contributed by atoms with Gasteiger partial charge >= 0.3 is 6.18 Å². The number of ether oxygens (including phenoxy) is 1. The summed E-state index contributed by atoms with van der Waals surface area (Å²) in [5.41, 5.74) is 0.759. The molecule has 2 aromatic carbocycles. The highest BCUT2D eigenvalue weighted by Crippen LogP contribution is 2.36. The Morgan fingerprint density at radius 2 is 1.86 bits per heavy atom. The third kappa shape index (κ3) is 8.75. The third-order valence-corrected chi connectivity index (χ3v) is 7.84. The molecule has 1 aliphatic heterocycles. The Morgan fingerprint density at radius 3 is 2.54 bits per heavy atom. The zero-order chi connectivity index (χ0) is 25.5. The second-order valence-electron chi connectivity index (χ2n) is 8.90. The first-order valence-electron chi connectivity index (χ1n) is 11.7. The molecule has 0 N–H and O–H groups in total. The van der Waals surface area contributed by atoms with E-state index in [4.69, 9.17) is 16.3 Å². The first-order chi connectivity index (χ1) is 16.5. The van der Waals surface area contributed by atoms with E-state index in [1.165, 1.54) is 16.6 Å². The maximum atomic E-state index is 13.3. The van der Waals surface area contributed by atoms with Crippen molar-refractivity contribution in [1.82, 2.24) is 9.21 Å². The summed E-state index contributed by atoms with van der Waals surface area (Å²) in [4.78, 5) is 2.08. The molecule has 0 aromatic heterocycles. The van der Waals surface area contributed by atoms with E-state index in [2.05, 4.69) is 4.90 Å². The maximum absolute atomic E-state index is 13.3. The van der Waals surface area contributed by atoms with Gasteiger partial charge in [0.2, 0.25) is 10.0 Å². The number of rotatable bonds is 11. The minimum Gasteiger partial charge on any atom is -0.377 e. The third-order valence-electron chi connectivity index (χ3n) is 6.12. The van der Waals surface area contributed by atoms with Gasteiger partial charge in [0, 0.05) is 39.3 Å². The zero-order valence-corrected chi connectivity index (χ0v) is 21.4. The molecule has 1 heterocycles. The molecule has 1 unspecified atom stereocenters. The molecule has 0 spiro atoms. The number of piperidine rings is 1. The smallest absolute Gasteiger partial charge is 0.377 e. The van der Waals surface area contributed by atoms with E-state index in [9.17, 15) is 21.6 Å². The lowest BCUT2D eigenvalue weighted by molar-refractivity contribution is -0.137. The number of halogens is 4. The van der Waals surface area contributed by atoms with E-state index in [0.29, 0.717) is 51.3 Å². The van der Waals surface area contributed by atoms with Crippen LogP contribution in [0.5, 0.6) is 0 Å². The fraction of sp³-hybridized carbons (Fsp3) is 0.520. The number of benzene rings is 2. The summed E-state index contributed by atoms with van der Waals surface area (Å²) in [6, 6.07) is 13.9. The van der Waals surface area contributed by atoms with Crippen LogP contribution in [-0.2, 0) is 33.9 Å². The van der Waals surface area contributed by atoms with Gasteiger partial charge in [-0.15, -0.1) is 0 Å². The molecular weight excluding hydrogens is 501 g/mol. The molecule has 0 radical (unpaired) electrons. The van der Waals surface area contributed by atoms with Gasteiger partial charge in [0.1, 0.15) is 0 Å². The molecule has 1 fully saturated rings. The van der Waals surface area contributed by atoms with E-state index in [0.717, 1.165) is 30.9 Å². The van der Waals surface area contributed by atoms with Crippen molar-refractivity contribution in [3.05, 3.63) is 70.2 Å². The molecule has 3 rings (SSSR count). The highest BCUT2D eigenvalue weighted by atomic mass is 35.5. The second-order valence-corrected chi connectivity index (χ2v) is 11.3. The summed E-state index contributed by atoms with van der Waals surface area (Å²) in [6.45, 7) is 2.88. The van der Waals surface area contributed by atoms with Crippen LogP contribution in [-0.4, -0.2) is 62.8 Å². The van der Waals surface area contributed by atoms with Gasteiger partial charge in [0.25, 0.3) is 0 Å². The molecule has 0 aliphatic carbocycles. The molecule has 1 saturated heterocycles. The number of nitrogens with zero attached hydrogens (tertiary/aromatic N) is 2. The number of alkyl halides is 3. The molecule has 0 amide bonds. The Bertz CT molecular complexity index is 1050. The molecular formula is C25H32ClF3N2O3S. The summed E-state index contributed by atoms with van der Waals surface area (Å²) in [5.74, 6) is 0. The molecule has 35 heavy (non-hydrogen) atoms. The van der Waals surface area contributed by atoms with Crippen molar-refractivity contribution in [2.45, 2.75) is 44.5 Å². The molecule has 1 aliphatic rings. The highest BCUT2D eigenvalue weighted by Gasteiger charge is 2.34.